The van der Waals surface area contributed by atoms with E-state index in [9.17, 15) is 0 Å². The highest BCUT2D eigenvalue weighted by Crippen LogP contribution is 2.20. The molecule has 0 amide bonds. The normalized spacial score (nSPS) is 26.3. The van der Waals surface area contributed by atoms with Gasteiger partial charge in [-0.05, 0) is 19.8 Å². The lowest BCUT2D eigenvalue weighted by Crippen LogP contribution is -2.48. The molecule has 2 atom stereocenters. The van der Waals surface area contributed by atoms with Gasteiger partial charge in [0.15, 0.2) is 5.82 Å². The van der Waals surface area contributed by atoms with Gasteiger partial charge in [-0.25, -0.2) is 0 Å². The van der Waals surface area contributed by atoms with Crippen LogP contribution in [0.5, 0.6) is 0 Å². The molecule has 1 saturated heterocycles. The van der Waals surface area contributed by atoms with Crippen molar-refractivity contribution in [1.82, 2.24) is 15.0 Å². The fourth-order valence-corrected chi connectivity index (χ4v) is 2.31. The number of aromatic nitrogens is 2. The first-order valence-electron chi connectivity index (χ1n) is 5.99. The first-order valence-corrected chi connectivity index (χ1v) is 5.99. The van der Waals surface area contributed by atoms with Crippen LogP contribution in [-0.2, 0) is 11.3 Å². The predicted molar refractivity (Wildman–Crippen MR) is 62.3 cm³/mol. The molecule has 0 spiro atoms. The highest BCUT2D eigenvalue weighted by molar-refractivity contribution is 4.88. The van der Waals surface area contributed by atoms with E-state index in [4.69, 9.17) is 15.0 Å². The Labute approximate surface area is 101 Å². The average molecular weight is 240 g/mol. The van der Waals surface area contributed by atoms with Crippen molar-refractivity contribution >= 4 is 0 Å². The molecule has 17 heavy (non-hydrogen) atoms. The van der Waals surface area contributed by atoms with E-state index in [2.05, 4.69) is 15.0 Å². The Hall–Kier alpha value is -0.980. The van der Waals surface area contributed by atoms with Crippen LogP contribution >= 0.6 is 0 Å². The monoisotopic (exact) mass is 240 g/mol. The SMILES string of the molecule is COC1CCN(Cc2nc(C)no2)C(CN)C1. The second kappa shape index (κ2) is 5.57. The highest BCUT2D eigenvalue weighted by atomic mass is 16.5. The van der Waals surface area contributed by atoms with Gasteiger partial charge in [-0.15, -0.1) is 0 Å². The first-order chi connectivity index (χ1) is 8.22. The molecule has 0 saturated carbocycles. The number of hydrogen-bond acceptors (Lipinski definition) is 6. The fraction of sp³-hybridized carbons (Fsp3) is 0.818. The van der Waals surface area contributed by atoms with E-state index < -0.39 is 0 Å². The van der Waals surface area contributed by atoms with E-state index in [1.54, 1.807) is 7.11 Å². The van der Waals surface area contributed by atoms with Gasteiger partial charge in [0.25, 0.3) is 0 Å². The summed E-state index contributed by atoms with van der Waals surface area (Å²) in [5.41, 5.74) is 5.81. The molecule has 1 aliphatic rings. The van der Waals surface area contributed by atoms with Gasteiger partial charge in [-0.3, -0.25) is 4.90 Å². The molecule has 6 heteroatoms. The van der Waals surface area contributed by atoms with Crippen molar-refractivity contribution in [2.24, 2.45) is 5.73 Å². The van der Waals surface area contributed by atoms with Crippen LogP contribution in [0.1, 0.15) is 24.6 Å². The van der Waals surface area contributed by atoms with Crippen LogP contribution in [-0.4, -0.2) is 47.4 Å². The maximum atomic E-state index is 5.81. The van der Waals surface area contributed by atoms with Crippen molar-refractivity contribution in [2.75, 3.05) is 20.2 Å². The molecule has 96 valence electrons. The number of nitrogens with two attached hydrogens (primary N) is 1. The van der Waals surface area contributed by atoms with Gasteiger partial charge < -0.3 is 15.0 Å². The molecule has 2 heterocycles. The Kier molecular flexibility index (Phi) is 4.09. The number of nitrogens with zero attached hydrogens (tertiary/aromatic N) is 3. The zero-order valence-corrected chi connectivity index (χ0v) is 10.4. The summed E-state index contributed by atoms with van der Waals surface area (Å²) < 4.78 is 10.5. The molecule has 1 aromatic heterocycles. The van der Waals surface area contributed by atoms with Gasteiger partial charge in [0, 0.05) is 26.2 Å². The van der Waals surface area contributed by atoms with Gasteiger partial charge in [-0.1, -0.05) is 5.16 Å². The van der Waals surface area contributed by atoms with E-state index in [-0.39, 0.29) is 0 Å². The van der Waals surface area contributed by atoms with Crippen LogP contribution in [0.3, 0.4) is 0 Å². The second-order valence-corrected chi connectivity index (χ2v) is 4.48. The molecule has 1 aromatic rings. The number of hydrogen-bond donors (Lipinski definition) is 1. The number of likely N-dealkylation sites (tertiary alicyclic amines) is 1. The summed E-state index contributed by atoms with van der Waals surface area (Å²) in [6.45, 7) is 4.10. The lowest BCUT2D eigenvalue weighted by Gasteiger charge is -2.37. The van der Waals surface area contributed by atoms with Gasteiger partial charge in [0.1, 0.15) is 0 Å². The van der Waals surface area contributed by atoms with E-state index in [0.717, 1.165) is 19.4 Å². The average Bonchev–Trinajstić information content (AvgIpc) is 2.75. The molecule has 1 fully saturated rings. The van der Waals surface area contributed by atoms with Crippen molar-refractivity contribution in [1.29, 1.82) is 0 Å². The Morgan fingerprint density at radius 3 is 3.00 bits per heavy atom. The standard InChI is InChI=1S/C11H20N4O2/c1-8-13-11(17-14-8)7-15-4-3-10(16-2)5-9(15)6-12/h9-10H,3-7,12H2,1-2H3. The topological polar surface area (TPSA) is 77.4 Å². The summed E-state index contributed by atoms with van der Waals surface area (Å²) in [6.07, 6.45) is 2.32. The Morgan fingerprint density at radius 2 is 2.41 bits per heavy atom. The number of rotatable bonds is 4. The zero-order chi connectivity index (χ0) is 12.3. The number of aryl methyl sites for hydroxylation is 1. The lowest BCUT2D eigenvalue weighted by atomic mass is 9.99. The molecule has 1 aliphatic heterocycles. The number of piperidine rings is 1. The molecule has 2 unspecified atom stereocenters. The van der Waals surface area contributed by atoms with Crippen LogP contribution in [0.15, 0.2) is 4.52 Å². The molecule has 0 radical (unpaired) electrons. The van der Waals surface area contributed by atoms with E-state index >= 15 is 0 Å². The molecule has 0 aliphatic carbocycles. The lowest BCUT2D eigenvalue weighted by molar-refractivity contribution is 0.00676. The third-order valence-electron chi connectivity index (χ3n) is 3.30. The van der Waals surface area contributed by atoms with E-state index in [0.29, 0.717) is 37.0 Å². The van der Waals surface area contributed by atoms with Crippen LogP contribution in [0.2, 0.25) is 0 Å². The van der Waals surface area contributed by atoms with Crippen molar-refractivity contribution in [3.05, 3.63) is 11.7 Å². The van der Waals surface area contributed by atoms with E-state index in [1.165, 1.54) is 0 Å². The van der Waals surface area contributed by atoms with Crippen molar-refractivity contribution in [3.8, 4) is 0 Å². The minimum absolute atomic E-state index is 0.323. The summed E-state index contributed by atoms with van der Waals surface area (Å²) in [5, 5.41) is 3.80. The van der Waals surface area contributed by atoms with E-state index in [1.807, 2.05) is 6.92 Å². The maximum absolute atomic E-state index is 5.81. The largest absolute Gasteiger partial charge is 0.381 e. The summed E-state index contributed by atoms with van der Waals surface area (Å²) in [4.78, 5) is 6.52. The van der Waals surface area contributed by atoms with Crippen LogP contribution < -0.4 is 5.73 Å². The minimum atomic E-state index is 0.323. The predicted octanol–water partition coefficient (Wildman–Crippen LogP) is 0.316. The van der Waals surface area contributed by atoms with Gasteiger partial charge in [0.2, 0.25) is 5.89 Å². The summed E-state index contributed by atoms with van der Waals surface area (Å²) in [5.74, 6) is 1.34. The smallest absolute Gasteiger partial charge is 0.240 e. The molecule has 0 aromatic carbocycles. The molecule has 6 nitrogen and oxygen atoms in total. The molecular formula is C11H20N4O2. The first kappa shape index (κ1) is 12.5. The van der Waals surface area contributed by atoms with Crippen LogP contribution in [0, 0.1) is 6.92 Å². The number of ether oxygens (including phenoxy) is 1. The summed E-state index contributed by atoms with van der Waals surface area (Å²) in [6, 6.07) is 0.334. The van der Waals surface area contributed by atoms with Gasteiger partial charge in [-0.2, -0.15) is 4.98 Å². The van der Waals surface area contributed by atoms with Gasteiger partial charge in [0.05, 0.1) is 12.6 Å². The minimum Gasteiger partial charge on any atom is -0.381 e. The second-order valence-electron chi connectivity index (χ2n) is 4.48. The third kappa shape index (κ3) is 3.02. The van der Waals surface area contributed by atoms with Crippen molar-refractivity contribution in [2.45, 2.75) is 38.5 Å². The summed E-state index contributed by atoms with van der Waals surface area (Å²) >= 11 is 0. The molecule has 2 N–H and O–H groups in total. The molecule has 0 bridgehead atoms. The van der Waals surface area contributed by atoms with Crippen LogP contribution in [0.4, 0.5) is 0 Å². The maximum Gasteiger partial charge on any atom is 0.240 e. The quantitative estimate of drug-likeness (QED) is 0.816. The summed E-state index contributed by atoms with van der Waals surface area (Å²) in [7, 11) is 1.76. The third-order valence-corrected chi connectivity index (χ3v) is 3.30. The molecule has 2 rings (SSSR count). The Bertz CT molecular complexity index is 355. The van der Waals surface area contributed by atoms with Gasteiger partial charge >= 0.3 is 0 Å². The zero-order valence-electron chi connectivity index (χ0n) is 10.4. The molecular weight excluding hydrogens is 220 g/mol. The highest BCUT2D eigenvalue weighted by Gasteiger charge is 2.28. The Morgan fingerprint density at radius 1 is 1.59 bits per heavy atom. The number of methoxy groups -OCH3 is 1. The Balaban J connectivity index is 1.95. The van der Waals surface area contributed by atoms with Crippen LogP contribution in [0.25, 0.3) is 0 Å². The van der Waals surface area contributed by atoms with Crippen molar-refractivity contribution in [3.63, 3.8) is 0 Å². The van der Waals surface area contributed by atoms with Crippen molar-refractivity contribution < 1.29 is 9.26 Å². The fourth-order valence-electron chi connectivity index (χ4n) is 2.31.